The molecule has 2 N–H and O–H groups in total. The number of aryl methyl sites for hydroxylation is 1. The summed E-state index contributed by atoms with van der Waals surface area (Å²) in [6.07, 6.45) is 15.0. The van der Waals surface area contributed by atoms with Crippen LogP contribution in [0.3, 0.4) is 0 Å². The number of pyridine rings is 1. The minimum atomic E-state index is -0.666. The van der Waals surface area contributed by atoms with Crippen molar-refractivity contribution in [1.82, 2.24) is 35.0 Å². The van der Waals surface area contributed by atoms with Gasteiger partial charge in [-0.1, -0.05) is 13.0 Å². The number of phenols is 1. The van der Waals surface area contributed by atoms with Crippen LogP contribution in [0.4, 0.5) is 20.3 Å². The molecule has 6 aliphatic heterocycles. The first-order chi connectivity index (χ1) is 36.4. The highest BCUT2D eigenvalue weighted by Gasteiger charge is 2.48. The summed E-state index contributed by atoms with van der Waals surface area (Å²) in [6.45, 7) is 11.8. The summed E-state index contributed by atoms with van der Waals surface area (Å²) in [4.78, 5) is 63.6. The van der Waals surface area contributed by atoms with Gasteiger partial charge >= 0.3 is 6.01 Å². The van der Waals surface area contributed by atoms with Crippen LogP contribution in [0, 0.1) is 22.5 Å². The van der Waals surface area contributed by atoms with Crippen molar-refractivity contribution in [2.24, 2.45) is 10.8 Å². The van der Waals surface area contributed by atoms with Crippen molar-refractivity contribution < 1.29 is 37.7 Å². The van der Waals surface area contributed by atoms with Gasteiger partial charge in [-0.2, -0.15) is 9.97 Å². The topological polar surface area (TPSA) is 157 Å². The first-order valence-corrected chi connectivity index (χ1v) is 27.7. The highest BCUT2D eigenvalue weighted by molar-refractivity contribution is 6.06. The summed E-state index contributed by atoms with van der Waals surface area (Å²) < 4.78 is 45.3. The first kappa shape index (κ1) is 48.6. The number of ether oxygens (including phenoxy) is 2. The van der Waals surface area contributed by atoms with Crippen molar-refractivity contribution in [3.8, 4) is 23.0 Å². The monoisotopic (exact) mass is 1020 g/mol. The van der Waals surface area contributed by atoms with Gasteiger partial charge in [-0.3, -0.25) is 29.6 Å². The van der Waals surface area contributed by atoms with Crippen LogP contribution in [-0.2, 0) is 27.3 Å². The number of hydrogen-bond acceptors (Lipinski definition) is 13. The fraction of sp³-hybridized carbons (Fsp3) is 0.552. The van der Waals surface area contributed by atoms with Crippen LogP contribution in [0.25, 0.3) is 32.9 Å². The number of aromatic nitrogens is 3. The van der Waals surface area contributed by atoms with Crippen LogP contribution in [0.15, 0.2) is 48.7 Å². The number of amides is 3. The van der Waals surface area contributed by atoms with Crippen molar-refractivity contribution in [1.29, 1.82) is 0 Å². The van der Waals surface area contributed by atoms with Gasteiger partial charge in [-0.25, -0.2) is 8.78 Å². The largest absolute Gasteiger partial charge is 0.508 e. The van der Waals surface area contributed by atoms with Crippen LogP contribution in [0.1, 0.15) is 112 Å². The van der Waals surface area contributed by atoms with Crippen LogP contribution >= 0.6 is 0 Å². The van der Waals surface area contributed by atoms with Crippen molar-refractivity contribution in [2.75, 3.05) is 81.9 Å². The summed E-state index contributed by atoms with van der Waals surface area (Å²) in [5.41, 5.74) is 3.67. The molecule has 0 unspecified atom stereocenters. The van der Waals surface area contributed by atoms with Crippen molar-refractivity contribution in [2.45, 2.75) is 121 Å². The number of phenolic OH excluding ortho intramolecular Hbond substituents is 1. The Hall–Kier alpha value is -6.04. The lowest BCUT2D eigenvalue weighted by atomic mass is 9.66. The van der Waals surface area contributed by atoms with E-state index in [9.17, 15) is 19.5 Å². The minimum absolute atomic E-state index is 0.0120. The number of benzene rings is 3. The number of likely N-dealkylation sites (tertiary alicyclic amines) is 1. The van der Waals surface area contributed by atoms with Crippen LogP contribution in [0.5, 0.6) is 11.8 Å². The Morgan fingerprint density at radius 2 is 1.65 bits per heavy atom. The lowest BCUT2D eigenvalue weighted by Crippen LogP contribution is -2.56. The van der Waals surface area contributed by atoms with E-state index >= 15 is 8.78 Å². The Balaban J connectivity index is 0.639. The number of piperazine rings is 1. The second kappa shape index (κ2) is 18.9. The van der Waals surface area contributed by atoms with Gasteiger partial charge < -0.3 is 34.2 Å². The quantitative estimate of drug-likeness (QED) is 0.123. The molecule has 394 valence electrons. The molecule has 8 heterocycles. The molecule has 3 aromatic carbocycles. The molecule has 8 aliphatic rings. The molecule has 0 bridgehead atoms. The summed E-state index contributed by atoms with van der Waals surface area (Å²) in [6, 6.07) is 12.2. The molecule has 5 aromatic rings. The predicted molar refractivity (Wildman–Crippen MR) is 280 cm³/mol. The van der Waals surface area contributed by atoms with Gasteiger partial charge in [-0.15, -0.1) is 0 Å². The van der Waals surface area contributed by atoms with Gasteiger partial charge in [0.2, 0.25) is 11.8 Å². The number of anilines is 2. The number of imide groups is 1. The number of nitrogens with one attached hydrogen (secondary N) is 1. The molecule has 17 heteroatoms. The highest BCUT2D eigenvalue weighted by atomic mass is 19.1. The Morgan fingerprint density at radius 3 is 2.39 bits per heavy atom. The number of halogens is 2. The molecule has 3 amide bonds. The van der Waals surface area contributed by atoms with Crippen LogP contribution in [0.2, 0.25) is 0 Å². The van der Waals surface area contributed by atoms with Crippen molar-refractivity contribution in [3.05, 3.63) is 77.0 Å². The maximum atomic E-state index is 17.3. The highest BCUT2D eigenvalue weighted by Crippen LogP contribution is 2.50. The van der Waals surface area contributed by atoms with E-state index in [4.69, 9.17) is 19.4 Å². The Bertz CT molecular complexity index is 3100. The van der Waals surface area contributed by atoms with Gasteiger partial charge in [0.15, 0.2) is 5.82 Å². The maximum absolute atomic E-state index is 17.3. The average Bonchev–Trinajstić information content (AvgIpc) is 4.11. The summed E-state index contributed by atoms with van der Waals surface area (Å²) in [5.74, 6) is -1.34. The molecule has 75 heavy (non-hydrogen) atoms. The van der Waals surface area contributed by atoms with E-state index in [1.165, 1.54) is 50.7 Å². The molecule has 2 aliphatic carbocycles. The normalized spacial score (nSPS) is 25.1. The molecule has 2 aromatic heterocycles. The number of carbonyl (C=O) groups excluding carboxylic acids is 3. The third-order valence-corrected chi connectivity index (χ3v) is 18.9. The number of hydrogen-bond donors (Lipinski definition) is 2. The van der Waals surface area contributed by atoms with E-state index in [0.29, 0.717) is 82.7 Å². The molecule has 2 saturated carbocycles. The lowest BCUT2D eigenvalue weighted by Gasteiger charge is -2.49. The fourth-order valence-electron chi connectivity index (χ4n) is 14.1. The molecule has 0 radical (unpaired) electrons. The van der Waals surface area contributed by atoms with Crippen LogP contribution < -0.4 is 19.9 Å². The first-order valence-electron chi connectivity index (χ1n) is 27.7. The van der Waals surface area contributed by atoms with Gasteiger partial charge in [0.1, 0.15) is 34.6 Å². The Labute approximate surface area is 435 Å². The zero-order valence-corrected chi connectivity index (χ0v) is 43.0. The number of carbonyl (C=O) groups is 3. The SMILES string of the molecule is CCc1c(F)ccc2cc(O)cc(-c3ncc4c(N5CCC[C@]6(CCO6)C5)nc(OCC5(CN6CCC7(CCC(N8CCN(c9ccc%10c(c9)CN([C@H]9CCC(=O)NC9=O)C%10=O)CC8)CC7)CC6)CC5)nc4c3F)c12. The van der Waals surface area contributed by atoms with Gasteiger partial charge in [0.05, 0.1) is 24.2 Å². The van der Waals surface area contributed by atoms with E-state index in [1.54, 1.807) is 23.2 Å². The maximum Gasteiger partial charge on any atom is 0.319 e. The third kappa shape index (κ3) is 8.93. The van der Waals surface area contributed by atoms with Crippen LogP contribution in [-0.4, -0.2) is 142 Å². The van der Waals surface area contributed by atoms with E-state index in [2.05, 4.69) is 36.0 Å². The second-order valence-corrected chi connectivity index (χ2v) is 23.4. The molecular weight excluding hydrogens is 957 g/mol. The number of nitrogens with zero attached hydrogens (tertiary/aromatic N) is 8. The lowest BCUT2D eigenvalue weighted by molar-refractivity contribution is -0.151. The zero-order valence-electron chi connectivity index (χ0n) is 43.0. The number of piperidine rings is 3. The summed E-state index contributed by atoms with van der Waals surface area (Å²) >= 11 is 0. The molecule has 13 rings (SSSR count). The number of fused-ring (bicyclic) bond motifs is 3. The van der Waals surface area contributed by atoms with Gasteiger partial charge in [0.25, 0.3) is 5.91 Å². The van der Waals surface area contributed by atoms with Gasteiger partial charge in [-0.05, 0) is 154 Å². The summed E-state index contributed by atoms with van der Waals surface area (Å²) in [7, 11) is 0. The average molecular weight is 1020 g/mol. The molecule has 7 fully saturated rings. The molecule has 2 spiro atoms. The third-order valence-electron chi connectivity index (χ3n) is 18.9. The van der Waals surface area contributed by atoms with E-state index < -0.39 is 11.9 Å². The molecule has 5 saturated heterocycles. The predicted octanol–water partition coefficient (Wildman–Crippen LogP) is 7.92. The van der Waals surface area contributed by atoms with Crippen molar-refractivity contribution >= 4 is 50.9 Å². The fourth-order valence-corrected chi connectivity index (χ4v) is 14.1. The smallest absolute Gasteiger partial charge is 0.319 e. The summed E-state index contributed by atoms with van der Waals surface area (Å²) in [5, 5.41) is 14.8. The van der Waals surface area contributed by atoms with Crippen molar-refractivity contribution in [3.63, 3.8) is 0 Å². The molecule has 2 atom stereocenters. The molecular formula is C58H67F2N9O6. The molecule has 15 nitrogen and oxygen atoms in total. The van der Waals surface area contributed by atoms with E-state index in [-0.39, 0.29) is 63.9 Å². The zero-order chi connectivity index (χ0) is 51.2. The number of aromatic hydroxyl groups is 1. The van der Waals surface area contributed by atoms with E-state index in [0.717, 1.165) is 102 Å². The number of rotatable bonds is 11. The Morgan fingerprint density at radius 1 is 0.853 bits per heavy atom. The second-order valence-electron chi connectivity index (χ2n) is 23.4. The minimum Gasteiger partial charge on any atom is -0.508 e. The van der Waals surface area contributed by atoms with E-state index in [1.807, 2.05) is 19.1 Å². The van der Waals surface area contributed by atoms with Gasteiger partial charge in [0, 0.05) is 99.7 Å². The Kier molecular flexibility index (Phi) is 12.2. The standard InChI is InChI=1S/C58H67F2N9O6/c1-2-41-45(59)7-4-36-29-40(70)30-43(48(36)41)50-49(60)51-44(31-61-50)52(68-20-3-12-58(34-68)19-27-75-58)64-55(63-51)74-35-57(15-16-57)33-65-21-17-56(18-22-65)13-10-38(11-14-56)66-23-25-67(26-24-66)39-5-6-42-37(28-39)32-69(54(42)73)46-8-9-47(71)62-53(46)72/h4-7,28-31,38,46,70H,2-3,8-27,32-35H2,1H3,(H,62,71,72)/t46-,58-/m0/s1.